The SMILES string of the molecule is C=C(C)C(=O)NCCC[Si](C)(C)N. The van der Waals surface area contributed by atoms with Gasteiger partial charge >= 0.3 is 0 Å². The van der Waals surface area contributed by atoms with Crippen molar-refractivity contribution in [1.29, 1.82) is 0 Å². The quantitative estimate of drug-likeness (QED) is 0.398. The van der Waals surface area contributed by atoms with E-state index in [4.69, 9.17) is 5.40 Å². The van der Waals surface area contributed by atoms with Crippen molar-refractivity contribution >= 4 is 14.1 Å². The van der Waals surface area contributed by atoms with Gasteiger partial charge in [-0.15, -0.1) is 0 Å². The highest BCUT2D eigenvalue weighted by Crippen LogP contribution is 2.03. The zero-order valence-electron chi connectivity index (χ0n) is 8.81. The Bertz CT molecular complexity index is 196. The van der Waals surface area contributed by atoms with Crippen molar-refractivity contribution in [3.05, 3.63) is 12.2 Å². The summed E-state index contributed by atoms with van der Waals surface area (Å²) in [6, 6.07) is 1.05. The Labute approximate surface area is 81.5 Å². The van der Waals surface area contributed by atoms with E-state index in [9.17, 15) is 4.79 Å². The summed E-state index contributed by atoms with van der Waals surface area (Å²) >= 11 is 0. The first-order valence-electron chi connectivity index (χ1n) is 4.55. The van der Waals surface area contributed by atoms with Gasteiger partial charge in [-0.3, -0.25) is 4.79 Å². The number of amides is 1. The molecule has 76 valence electrons. The Morgan fingerprint density at radius 3 is 2.46 bits per heavy atom. The zero-order valence-corrected chi connectivity index (χ0v) is 9.81. The molecule has 0 aromatic rings. The number of hydrogen-bond acceptors (Lipinski definition) is 2. The van der Waals surface area contributed by atoms with E-state index in [2.05, 4.69) is 25.0 Å². The molecule has 3 nitrogen and oxygen atoms in total. The molecule has 3 N–H and O–H groups in total. The molecule has 1 amide bonds. The number of hydrogen-bond donors (Lipinski definition) is 2. The van der Waals surface area contributed by atoms with Crippen LogP contribution in [0.1, 0.15) is 13.3 Å². The molecule has 0 atom stereocenters. The van der Waals surface area contributed by atoms with Crippen LogP contribution in [0.4, 0.5) is 0 Å². The topological polar surface area (TPSA) is 55.1 Å². The number of carbonyl (C=O) groups excluding carboxylic acids is 1. The molecule has 4 heteroatoms. The Hall–Kier alpha value is -0.613. The maximum Gasteiger partial charge on any atom is 0.246 e. The van der Waals surface area contributed by atoms with Crippen molar-refractivity contribution in [1.82, 2.24) is 5.32 Å². The second-order valence-electron chi connectivity index (χ2n) is 4.13. The van der Waals surface area contributed by atoms with Crippen LogP contribution in [0.3, 0.4) is 0 Å². The minimum atomic E-state index is -1.43. The van der Waals surface area contributed by atoms with E-state index >= 15 is 0 Å². The van der Waals surface area contributed by atoms with Crippen molar-refractivity contribution < 1.29 is 4.79 Å². The van der Waals surface area contributed by atoms with E-state index in [-0.39, 0.29) is 5.91 Å². The lowest BCUT2D eigenvalue weighted by Gasteiger charge is -2.14. The fraction of sp³-hybridized carbons (Fsp3) is 0.667. The van der Waals surface area contributed by atoms with Gasteiger partial charge in [-0.2, -0.15) is 0 Å². The highest BCUT2D eigenvalue weighted by molar-refractivity contribution is 6.74. The van der Waals surface area contributed by atoms with E-state index in [0.717, 1.165) is 12.5 Å². The molecule has 0 radical (unpaired) electrons. The zero-order chi connectivity index (χ0) is 10.5. The van der Waals surface area contributed by atoms with Gasteiger partial charge in [0.1, 0.15) is 8.24 Å². The smallest absolute Gasteiger partial charge is 0.246 e. The standard InChI is InChI=1S/C9H20N2OSi/c1-8(2)9(12)11-6-5-7-13(3,4)10/h1,5-7,10H2,2-4H3,(H,11,12). The van der Waals surface area contributed by atoms with Crippen LogP contribution in [-0.4, -0.2) is 20.7 Å². The summed E-state index contributed by atoms with van der Waals surface area (Å²) in [5.74, 6) is -0.0588. The largest absolute Gasteiger partial charge is 0.352 e. The third kappa shape index (κ3) is 7.74. The number of carbonyl (C=O) groups is 1. The second-order valence-corrected chi connectivity index (χ2v) is 8.61. The lowest BCUT2D eigenvalue weighted by Crippen LogP contribution is -2.38. The molecule has 0 saturated heterocycles. The Kier molecular flexibility index (Phi) is 4.94. The molecule has 0 aromatic heterocycles. The Morgan fingerprint density at radius 1 is 1.54 bits per heavy atom. The van der Waals surface area contributed by atoms with Gasteiger partial charge in [0.2, 0.25) is 5.91 Å². The van der Waals surface area contributed by atoms with Crippen LogP contribution in [-0.2, 0) is 4.79 Å². The molecule has 0 aromatic carbocycles. The van der Waals surface area contributed by atoms with Gasteiger partial charge in [-0.25, -0.2) is 0 Å². The van der Waals surface area contributed by atoms with Crippen LogP contribution in [0.25, 0.3) is 0 Å². The predicted molar refractivity (Wildman–Crippen MR) is 58.9 cm³/mol. The van der Waals surface area contributed by atoms with Crippen LogP contribution in [0.2, 0.25) is 19.1 Å². The summed E-state index contributed by atoms with van der Waals surface area (Å²) < 4.78 is 0. The van der Waals surface area contributed by atoms with E-state index in [1.807, 2.05) is 0 Å². The highest BCUT2D eigenvalue weighted by Gasteiger charge is 2.13. The van der Waals surface area contributed by atoms with E-state index in [1.165, 1.54) is 0 Å². The van der Waals surface area contributed by atoms with E-state index < -0.39 is 8.24 Å². The van der Waals surface area contributed by atoms with Crippen LogP contribution < -0.4 is 10.7 Å². The van der Waals surface area contributed by atoms with Crippen LogP contribution in [0, 0.1) is 0 Å². The van der Waals surface area contributed by atoms with Gasteiger partial charge < -0.3 is 10.7 Å². The lowest BCUT2D eigenvalue weighted by atomic mass is 10.3. The minimum Gasteiger partial charge on any atom is -0.352 e. The molecular weight excluding hydrogens is 180 g/mol. The predicted octanol–water partition coefficient (Wildman–Crippen LogP) is 1.23. The van der Waals surface area contributed by atoms with Crippen molar-refractivity contribution in [3.63, 3.8) is 0 Å². The fourth-order valence-corrected chi connectivity index (χ4v) is 1.98. The van der Waals surface area contributed by atoms with Gasteiger partial charge in [0.25, 0.3) is 0 Å². The molecule has 0 bridgehead atoms. The minimum absolute atomic E-state index is 0.0588. The lowest BCUT2D eigenvalue weighted by molar-refractivity contribution is -0.117. The van der Waals surface area contributed by atoms with Gasteiger partial charge in [-0.05, 0) is 19.4 Å². The summed E-state index contributed by atoms with van der Waals surface area (Å²) in [6.45, 7) is 10.2. The van der Waals surface area contributed by atoms with E-state index in [0.29, 0.717) is 12.1 Å². The second kappa shape index (κ2) is 5.19. The molecule has 0 heterocycles. The average molecular weight is 200 g/mol. The van der Waals surface area contributed by atoms with Crippen LogP contribution in [0.15, 0.2) is 12.2 Å². The molecule has 0 aliphatic heterocycles. The van der Waals surface area contributed by atoms with Gasteiger partial charge in [-0.1, -0.05) is 19.7 Å². The van der Waals surface area contributed by atoms with Crippen LogP contribution >= 0.6 is 0 Å². The monoisotopic (exact) mass is 200 g/mol. The Morgan fingerprint density at radius 2 is 2.08 bits per heavy atom. The summed E-state index contributed by atoms with van der Waals surface area (Å²) in [7, 11) is -1.43. The first-order chi connectivity index (χ1) is 5.83. The number of rotatable bonds is 5. The highest BCUT2D eigenvalue weighted by atomic mass is 28.3. The summed E-state index contributed by atoms with van der Waals surface area (Å²) in [5.41, 5.74) is 0.559. The molecular formula is C9H20N2OSi. The molecule has 0 rings (SSSR count). The van der Waals surface area contributed by atoms with Gasteiger partial charge in [0.15, 0.2) is 0 Å². The summed E-state index contributed by atoms with van der Waals surface area (Å²) in [6.07, 6.45) is 0.967. The normalized spacial score (nSPS) is 11.1. The molecule has 0 aliphatic carbocycles. The van der Waals surface area contributed by atoms with Crippen molar-refractivity contribution in [2.45, 2.75) is 32.5 Å². The van der Waals surface area contributed by atoms with Gasteiger partial charge in [0.05, 0.1) is 0 Å². The molecule has 0 aliphatic rings. The number of nitrogens with two attached hydrogens (primary N) is 1. The van der Waals surface area contributed by atoms with Crippen molar-refractivity contribution in [2.24, 2.45) is 5.40 Å². The molecule has 0 unspecified atom stereocenters. The fourth-order valence-electron chi connectivity index (χ4n) is 0.897. The third-order valence-electron chi connectivity index (χ3n) is 1.67. The van der Waals surface area contributed by atoms with E-state index in [1.54, 1.807) is 6.92 Å². The number of nitrogens with one attached hydrogen (secondary N) is 1. The first-order valence-corrected chi connectivity index (χ1v) is 7.84. The third-order valence-corrected chi connectivity index (χ3v) is 3.31. The van der Waals surface area contributed by atoms with Gasteiger partial charge in [0, 0.05) is 12.1 Å². The molecule has 0 fully saturated rings. The summed E-state index contributed by atoms with van der Waals surface area (Å²) in [4.78, 5) is 11.0. The molecule has 0 saturated carbocycles. The molecule has 13 heavy (non-hydrogen) atoms. The summed E-state index contributed by atoms with van der Waals surface area (Å²) in [5, 5.41) is 8.70. The molecule has 0 spiro atoms. The van der Waals surface area contributed by atoms with Crippen molar-refractivity contribution in [2.75, 3.05) is 6.54 Å². The first kappa shape index (κ1) is 12.4. The van der Waals surface area contributed by atoms with Crippen molar-refractivity contribution in [3.8, 4) is 0 Å². The maximum absolute atomic E-state index is 11.0. The average Bonchev–Trinajstić information content (AvgIpc) is 1.95. The van der Waals surface area contributed by atoms with Crippen LogP contribution in [0.5, 0.6) is 0 Å². The Balaban J connectivity index is 3.47. The maximum atomic E-state index is 11.0.